The molecular weight excluding hydrogens is 234 g/mol. The molecule has 1 N–H and O–H groups in total. The van der Waals surface area contributed by atoms with Gasteiger partial charge in [-0.15, -0.1) is 0 Å². The third-order valence-corrected chi connectivity index (χ3v) is 5.66. The van der Waals surface area contributed by atoms with Crippen LogP contribution in [0.2, 0.25) is 0 Å². The summed E-state index contributed by atoms with van der Waals surface area (Å²) < 4.78 is 23.1. The largest absolute Gasteiger partial charge is 0.310 e. The van der Waals surface area contributed by atoms with Crippen molar-refractivity contribution >= 4 is 9.84 Å². The van der Waals surface area contributed by atoms with Gasteiger partial charge >= 0.3 is 0 Å². The number of rotatable bonds is 5. The van der Waals surface area contributed by atoms with Crippen molar-refractivity contribution in [2.75, 3.05) is 11.5 Å². The van der Waals surface area contributed by atoms with E-state index >= 15 is 0 Å². The monoisotopic (exact) mass is 261 g/mol. The van der Waals surface area contributed by atoms with Crippen LogP contribution in [0.15, 0.2) is 0 Å². The third kappa shape index (κ3) is 4.59. The predicted octanol–water partition coefficient (Wildman–Crippen LogP) is 2.22. The normalized spacial score (nSPS) is 30.4. The van der Waals surface area contributed by atoms with E-state index < -0.39 is 9.84 Å². The number of hydrogen-bond acceptors (Lipinski definition) is 3. The Morgan fingerprint density at radius 1 is 1.35 bits per heavy atom. The summed E-state index contributed by atoms with van der Waals surface area (Å²) in [5.74, 6) is 1.13. The molecule has 1 aliphatic rings. The number of sulfone groups is 1. The highest BCUT2D eigenvalue weighted by Crippen LogP contribution is 2.40. The number of hydrogen-bond donors (Lipinski definition) is 1. The van der Waals surface area contributed by atoms with Crippen LogP contribution in [0.5, 0.6) is 0 Å². The molecule has 1 rings (SSSR count). The van der Waals surface area contributed by atoms with Gasteiger partial charge < -0.3 is 5.32 Å². The van der Waals surface area contributed by atoms with Gasteiger partial charge in [-0.25, -0.2) is 8.42 Å². The molecule has 1 saturated carbocycles. The van der Waals surface area contributed by atoms with E-state index in [4.69, 9.17) is 0 Å². The van der Waals surface area contributed by atoms with Gasteiger partial charge in [0.15, 0.2) is 9.84 Å². The molecule has 4 heteroatoms. The topological polar surface area (TPSA) is 46.2 Å². The first kappa shape index (κ1) is 15.0. The first-order valence-corrected chi connectivity index (χ1v) is 8.44. The van der Waals surface area contributed by atoms with Gasteiger partial charge in [-0.05, 0) is 31.1 Å². The maximum Gasteiger partial charge on any atom is 0.151 e. The molecule has 0 unspecified atom stereocenters. The van der Waals surface area contributed by atoms with Gasteiger partial charge in [0, 0.05) is 17.8 Å². The second-order valence-electron chi connectivity index (χ2n) is 6.42. The summed E-state index contributed by atoms with van der Waals surface area (Å²) in [6.45, 7) is 10.5. The summed E-state index contributed by atoms with van der Waals surface area (Å²) in [4.78, 5) is 0. The minimum absolute atomic E-state index is 0.0568. The molecule has 17 heavy (non-hydrogen) atoms. The lowest BCUT2D eigenvalue weighted by molar-refractivity contribution is 0.358. The Labute approximate surface area is 106 Å². The zero-order chi connectivity index (χ0) is 13.3. The van der Waals surface area contributed by atoms with Crippen LogP contribution < -0.4 is 5.32 Å². The van der Waals surface area contributed by atoms with Crippen molar-refractivity contribution < 1.29 is 8.42 Å². The quantitative estimate of drug-likeness (QED) is 0.825. The molecule has 3 nitrogen and oxygen atoms in total. The highest BCUT2D eigenvalue weighted by atomic mass is 32.2. The molecule has 0 aromatic rings. The standard InChI is InChI=1S/C13H27NO2S/c1-6-17(15,16)9-11(3)14-12-8-13(4,5)7-10(12)2/h10-12,14H,6-9H2,1-5H3/t10-,11-,12+/m0/s1. The molecule has 0 spiro atoms. The highest BCUT2D eigenvalue weighted by Gasteiger charge is 2.37. The molecule has 0 amide bonds. The maximum atomic E-state index is 11.6. The fraction of sp³-hybridized carbons (Fsp3) is 1.00. The lowest BCUT2D eigenvalue weighted by atomic mass is 9.91. The van der Waals surface area contributed by atoms with E-state index in [-0.39, 0.29) is 17.5 Å². The smallest absolute Gasteiger partial charge is 0.151 e. The lowest BCUT2D eigenvalue weighted by Crippen LogP contribution is -2.42. The Bertz CT molecular complexity index is 348. The van der Waals surface area contributed by atoms with Crippen LogP contribution in [0.4, 0.5) is 0 Å². The maximum absolute atomic E-state index is 11.6. The van der Waals surface area contributed by atoms with Crippen molar-refractivity contribution in [2.45, 2.75) is 59.5 Å². The van der Waals surface area contributed by atoms with Crippen molar-refractivity contribution in [2.24, 2.45) is 11.3 Å². The van der Waals surface area contributed by atoms with Crippen molar-refractivity contribution in [1.82, 2.24) is 5.32 Å². The minimum Gasteiger partial charge on any atom is -0.310 e. The van der Waals surface area contributed by atoms with Crippen LogP contribution in [0.3, 0.4) is 0 Å². The minimum atomic E-state index is -2.87. The zero-order valence-corrected chi connectivity index (χ0v) is 12.6. The summed E-state index contributed by atoms with van der Waals surface area (Å²) in [6, 6.07) is 0.522. The van der Waals surface area contributed by atoms with Crippen LogP contribution in [-0.4, -0.2) is 32.0 Å². The van der Waals surface area contributed by atoms with Crippen LogP contribution >= 0.6 is 0 Å². The fourth-order valence-electron chi connectivity index (χ4n) is 3.03. The summed E-state index contributed by atoms with van der Waals surface area (Å²) in [6.07, 6.45) is 2.36. The van der Waals surface area contributed by atoms with Crippen LogP contribution in [-0.2, 0) is 9.84 Å². The van der Waals surface area contributed by atoms with Crippen LogP contribution in [0, 0.1) is 11.3 Å². The molecule has 0 aromatic carbocycles. The third-order valence-electron chi connectivity index (χ3n) is 3.78. The fourth-order valence-corrected chi connectivity index (χ4v) is 4.12. The zero-order valence-electron chi connectivity index (χ0n) is 11.8. The summed E-state index contributed by atoms with van der Waals surface area (Å²) >= 11 is 0. The van der Waals surface area contributed by atoms with Crippen molar-refractivity contribution in [3.05, 3.63) is 0 Å². The Hall–Kier alpha value is -0.0900. The van der Waals surface area contributed by atoms with E-state index in [0.717, 1.165) is 6.42 Å². The Kier molecular flexibility index (Phi) is 4.64. The van der Waals surface area contributed by atoms with E-state index in [2.05, 4.69) is 26.1 Å². The van der Waals surface area contributed by atoms with Gasteiger partial charge in [-0.1, -0.05) is 27.7 Å². The Morgan fingerprint density at radius 3 is 2.35 bits per heavy atom. The van der Waals surface area contributed by atoms with E-state index in [9.17, 15) is 8.42 Å². The van der Waals surface area contributed by atoms with Gasteiger partial charge in [0.25, 0.3) is 0 Å². The lowest BCUT2D eigenvalue weighted by Gasteiger charge is -2.23. The second kappa shape index (κ2) is 5.27. The van der Waals surface area contributed by atoms with Gasteiger partial charge in [0.05, 0.1) is 5.75 Å². The number of nitrogens with one attached hydrogen (secondary N) is 1. The molecule has 0 bridgehead atoms. The second-order valence-corrected chi connectivity index (χ2v) is 8.82. The Balaban J connectivity index is 2.50. The van der Waals surface area contributed by atoms with Gasteiger partial charge in [-0.2, -0.15) is 0 Å². The van der Waals surface area contributed by atoms with Crippen LogP contribution in [0.25, 0.3) is 0 Å². The van der Waals surface area contributed by atoms with E-state index in [1.165, 1.54) is 6.42 Å². The van der Waals surface area contributed by atoms with Gasteiger partial charge in [0.1, 0.15) is 0 Å². The molecule has 102 valence electrons. The van der Waals surface area contributed by atoms with Crippen molar-refractivity contribution in [3.8, 4) is 0 Å². The predicted molar refractivity (Wildman–Crippen MR) is 72.9 cm³/mol. The average molecular weight is 261 g/mol. The van der Waals surface area contributed by atoms with Gasteiger partial charge in [0.2, 0.25) is 0 Å². The van der Waals surface area contributed by atoms with Gasteiger partial charge in [-0.3, -0.25) is 0 Å². The van der Waals surface area contributed by atoms with Crippen molar-refractivity contribution in [3.63, 3.8) is 0 Å². The molecule has 0 aromatic heterocycles. The SMILES string of the molecule is CCS(=O)(=O)C[C@H](C)N[C@@H]1CC(C)(C)C[C@@H]1C. The van der Waals surface area contributed by atoms with Crippen LogP contribution in [0.1, 0.15) is 47.5 Å². The Morgan fingerprint density at radius 2 is 1.94 bits per heavy atom. The van der Waals surface area contributed by atoms with E-state index in [1.54, 1.807) is 6.92 Å². The average Bonchev–Trinajstić information content (AvgIpc) is 2.38. The van der Waals surface area contributed by atoms with E-state index in [1.807, 2.05) is 6.92 Å². The highest BCUT2D eigenvalue weighted by molar-refractivity contribution is 7.91. The molecule has 0 aliphatic heterocycles. The molecule has 0 heterocycles. The molecular formula is C13H27NO2S. The summed E-state index contributed by atoms with van der Waals surface area (Å²) in [5.41, 5.74) is 0.389. The molecule has 0 saturated heterocycles. The first-order valence-electron chi connectivity index (χ1n) is 6.62. The molecule has 0 radical (unpaired) electrons. The molecule has 1 aliphatic carbocycles. The molecule has 3 atom stereocenters. The van der Waals surface area contributed by atoms with Crippen molar-refractivity contribution in [1.29, 1.82) is 0 Å². The summed E-state index contributed by atoms with van der Waals surface area (Å²) in [5, 5.41) is 3.50. The molecule has 1 fully saturated rings. The summed E-state index contributed by atoms with van der Waals surface area (Å²) in [7, 11) is -2.87. The first-order chi connectivity index (χ1) is 7.65. The van der Waals surface area contributed by atoms with E-state index in [0.29, 0.717) is 17.4 Å².